The number of hydrogen-bond acceptors (Lipinski definition) is 4. The summed E-state index contributed by atoms with van der Waals surface area (Å²) in [7, 11) is 0. The molecule has 4 rings (SSSR count). The zero-order valence-corrected chi connectivity index (χ0v) is 16.1. The molecule has 0 aliphatic rings. The van der Waals surface area contributed by atoms with Crippen LogP contribution in [-0.2, 0) is 6.42 Å². The van der Waals surface area contributed by atoms with Gasteiger partial charge in [-0.3, -0.25) is 4.79 Å². The Balaban J connectivity index is 1.45. The van der Waals surface area contributed by atoms with Gasteiger partial charge in [-0.2, -0.15) is 4.98 Å². The molecule has 2 heterocycles. The predicted molar refractivity (Wildman–Crippen MR) is 106 cm³/mol. The number of aromatic nitrogens is 3. The zero-order chi connectivity index (χ0) is 17.9. The van der Waals surface area contributed by atoms with Crippen molar-refractivity contribution in [3.05, 3.63) is 75.7 Å². The average Bonchev–Trinajstić information content (AvgIpc) is 3.24. The minimum atomic E-state index is -0.0903. The molecule has 130 valence electrons. The van der Waals surface area contributed by atoms with Gasteiger partial charge in [-0.05, 0) is 28.1 Å². The average molecular weight is 427 g/mol. The number of carbonyl (C=O) groups excluding carboxylic acids is 1. The highest BCUT2D eigenvalue weighted by molar-refractivity contribution is 9.10. The summed E-state index contributed by atoms with van der Waals surface area (Å²) in [4.78, 5) is 17.7. The van der Waals surface area contributed by atoms with Crippen LogP contribution in [0.25, 0.3) is 16.3 Å². The third-order valence-electron chi connectivity index (χ3n) is 3.97. The van der Waals surface area contributed by atoms with Gasteiger partial charge in [0.1, 0.15) is 0 Å². The largest absolute Gasteiger partial charge is 0.352 e. The summed E-state index contributed by atoms with van der Waals surface area (Å²) in [5, 5.41) is 9.60. The second kappa shape index (κ2) is 7.39. The quantitative estimate of drug-likeness (QED) is 0.520. The van der Waals surface area contributed by atoms with E-state index in [1.165, 1.54) is 0 Å². The molecule has 0 radical (unpaired) electrons. The van der Waals surface area contributed by atoms with Crippen LogP contribution in [0.15, 0.2) is 64.5 Å². The van der Waals surface area contributed by atoms with Crippen molar-refractivity contribution < 1.29 is 4.79 Å². The molecule has 0 saturated heterocycles. The molecule has 2 aromatic carbocycles. The lowest BCUT2D eigenvalue weighted by Crippen LogP contribution is -2.26. The van der Waals surface area contributed by atoms with E-state index in [0.29, 0.717) is 18.5 Å². The minimum Gasteiger partial charge on any atom is -0.352 e. The molecule has 1 amide bonds. The second-order valence-electron chi connectivity index (χ2n) is 5.71. The second-order valence-corrected chi connectivity index (χ2v) is 7.40. The van der Waals surface area contributed by atoms with Gasteiger partial charge in [0, 0.05) is 28.4 Å². The van der Waals surface area contributed by atoms with Crippen molar-refractivity contribution in [2.45, 2.75) is 6.42 Å². The molecule has 5 nitrogen and oxygen atoms in total. The van der Waals surface area contributed by atoms with Gasteiger partial charge in [-0.1, -0.05) is 42.5 Å². The van der Waals surface area contributed by atoms with Gasteiger partial charge in [0.15, 0.2) is 5.82 Å². The zero-order valence-electron chi connectivity index (χ0n) is 13.7. The normalized spacial score (nSPS) is 11.0. The summed E-state index contributed by atoms with van der Waals surface area (Å²) >= 11 is 4.96. The van der Waals surface area contributed by atoms with E-state index in [2.05, 4.69) is 31.3 Å². The summed E-state index contributed by atoms with van der Waals surface area (Å²) in [6.07, 6.45) is 0.688. The molecule has 0 bridgehead atoms. The Hall–Kier alpha value is -2.51. The van der Waals surface area contributed by atoms with Crippen LogP contribution in [0.4, 0.5) is 0 Å². The summed E-state index contributed by atoms with van der Waals surface area (Å²) < 4.78 is 2.65. The molecular weight excluding hydrogens is 412 g/mol. The lowest BCUT2D eigenvalue weighted by Gasteiger charge is -2.06. The Morgan fingerprint density at radius 2 is 1.88 bits per heavy atom. The van der Waals surface area contributed by atoms with Crippen LogP contribution in [-0.4, -0.2) is 27.0 Å². The van der Waals surface area contributed by atoms with E-state index in [1.807, 2.05) is 58.4 Å². The van der Waals surface area contributed by atoms with Gasteiger partial charge in [0.05, 0.1) is 11.3 Å². The Kier molecular flexibility index (Phi) is 4.81. The number of nitrogens with one attached hydrogen (secondary N) is 1. The van der Waals surface area contributed by atoms with E-state index in [1.54, 1.807) is 17.4 Å². The summed E-state index contributed by atoms with van der Waals surface area (Å²) in [5.41, 5.74) is 2.67. The summed E-state index contributed by atoms with van der Waals surface area (Å²) in [6, 6.07) is 17.3. The van der Waals surface area contributed by atoms with Gasteiger partial charge in [-0.25, -0.2) is 4.52 Å². The maximum Gasteiger partial charge on any atom is 0.252 e. The lowest BCUT2D eigenvalue weighted by molar-refractivity contribution is 0.0953. The van der Waals surface area contributed by atoms with Crippen molar-refractivity contribution >= 4 is 38.1 Å². The number of nitrogens with zero attached hydrogens (tertiary/aromatic N) is 3. The van der Waals surface area contributed by atoms with Crippen molar-refractivity contribution in [1.29, 1.82) is 0 Å². The van der Waals surface area contributed by atoms with Gasteiger partial charge in [-0.15, -0.1) is 16.4 Å². The van der Waals surface area contributed by atoms with Crippen LogP contribution in [0.1, 0.15) is 16.1 Å². The number of halogens is 1. The van der Waals surface area contributed by atoms with Crippen molar-refractivity contribution in [3.8, 4) is 11.4 Å². The molecule has 4 aromatic rings. The van der Waals surface area contributed by atoms with E-state index in [4.69, 9.17) is 0 Å². The molecule has 2 aromatic heterocycles. The van der Waals surface area contributed by atoms with Crippen LogP contribution < -0.4 is 5.32 Å². The topological polar surface area (TPSA) is 59.3 Å². The molecule has 0 saturated carbocycles. The van der Waals surface area contributed by atoms with Gasteiger partial charge >= 0.3 is 0 Å². The summed E-state index contributed by atoms with van der Waals surface area (Å²) in [5.74, 6) is 0.628. The number of hydrogen-bond donors (Lipinski definition) is 1. The van der Waals surface area contributed by atoms with Crippen LogP contribution in [0.3, 0.4) is 0 Å². The number of carbonyl (C=O) groups is 1. The number of amides is 1. The molecule has 1 N–H and O–H groups in total. The Bertz CT molecular complexity index is 1060. The van der Waals surface area contributed by atoms with E-state index in [-0.39, 0.29) is 5.91 Å². The van der Waals surface area contributed by atoms with E-state index in [0.717, 1.165) is 26.5 Å². The molecule has 0 fully saturated rings. The highest BCUT2D eigenvalue weighted by atomic mass is 79.9. The number of rotatable bonds is 5. The Morgan fingerprint density at radius 1 is 1.12 bits per heavy atom. The van der Waals surface area contributed by atoms with Crippen LogP contribution >= 0.6 is 27.3 Å². The van der Waals surface area contributed by atoms with E-state index in [9.17, 15) is 4.79 Å². The molecule has 0 aliphatic carbocycles. The fourth-order valence-corrected chi connectivity index (χ4v) is 3.97. The molecule has 0 spiro atoms. The SMILES string of the molecule is O=C(NCCc1csc2nc(-c3ccccc3)nn12)c1ccccc1Br. The third-order valence-corrected chi connectivity index (χ3v) is 5.52. The molecular formula is C19H15BrN4OS. The first kappa shape index (κ1) is 16.9. The lowest BCUT2D eigenvalue weighted by atomic mass is 10.2. The standard InChI is InChI=1S/C19H15BrN4OS/c20-16-9-5-4-8-15(16)18(25)21-11-10-14-12-26-19-22-17(23-24(14)19)13-6-2-1-3-7-13/h1-9,12H,10-11H2,(H,21,25). The van der Waals surface area contributed by atoms with Crippen LogP contribution in [0, 0.1) is 0 Å². The predicted octanol–water partition coefficient (Wildman–Crippen LogP) is 4.19. The first-order valence-electron chi connectivity index (χ1n) is 8.13. The van der Waals surface area contributed by atoms with Crippen molar-refractivity contribution in [2.24, 2.45) is 0 Å². The number of fused-ring (bicyclic) bond motifs is 1. The number of benzene rings is 2. The van der Waals surface area contributed by atoms with Crippen molar-refractivity contribution in [3.63, 3.8) is 0 Å². The van der Waals surface area contributed by atoms with E-state index < -0.39 is 0 Å². The van der Waals surface area contributed by atoms with Crippen molar-refractivity contribution in [2.75, 3.05) is 6.54 Å². The fourth-order valence-electron chi connectivity index (χ4n) is 2.65. The summed E-state index contributed by atoms with van der Waals surface area (Å²) in [6.45, 7) is 0.534. The first-order chi connectivity index (χ1) is 12.7. The number of thiazole rings is 1. The highest BCUT2D eigenvalue weighted by Gasteiger charge is 2.12. The molecule has 26 heavy (non-hydrogen) atoms. The molecule has 0 aliphatic heterocycles. The third kappa shape index (κ3) is 3.40. The molecule has 0 unspecified atom stereocenters. The van der Waals surface area contributed by atoms with Crippen LogP contribution in [0.2, 0.25) is 0 Å². The molecule has 7 heteroatoms. The van der Waals surface area contributed by atoms with Crippen molar-refractivity contribution in [1.82, 2.24) is 19.9 Å². The van der Waals surface area contributed by atoms with E-state index >= 15 is 0 Å². The monoisotopic (exact) mass is 426 g/mol. The smallest absolute Gasteiger partial charge is 0.252 e. The van der Waals surface area contributed by atoms with Crippen LogP contribution in [0.5, 0.6) is 0 Å². The molecule has 0 atom stereocenters. The Labute approximate surface area is 162 Å². The minimum absolute atomic E-state index is 0.0903. The highest BCUT2D eigenvalue weighted by Crippen LogP contribution is 2.21. The maximum atomic E-state index is 12.3. The van der Waals surface area contributed by atoms with Gasteiger partial charge in [0.2, 0.25) is 4.96 Å². The Morgan fingerprint density at radius 3 is 2.69 bits per heavy atom. The van der Waals surface area contributed by atoms with Gasteiger partial charge < -0.3 is 5.32 Å². The maximum absolute atomic E-state index is 12.3. The fraction of sp³-hybridized carbons (Fsp3) is 0.105. The first-order valence-corrected chi connectivity index (χ1v) is 9.81. The van der Waals surface area contributed by atoms with Gasteiger partial charge in [0.25, 0.3) is 5.91 Å².